The minimum atomic E-state index is 0.288. The van der Waals surface area contributed by atoms with Gasteiger partial charge in [-0.25, -0.2) is 15.0 Å². The highest BCUT2D eigenvalue weighted by atomic mass is 16.5. The number of hydrogen-bond donors (Lipinski definition) is 1. The fourth-order valence-corrected chi connectivity index (χ4v) is 1.09. The van der Waals surface area contributed by atoms with Gasteiger partial charge < -0.3 is 10.5 Å². The molecule has 1 aromatic carbocycles. The highest BCUT2D eigenvalue weighted by Gasteiger charge is 2.00. The van der Waals surface area contributed by atoms with E-state index in [0.717, 1.165) is 0 Å². The summed E-state index contributed by atoms with van der Waals surface area (Å²) in [6.45, 7) is 0.288. The number of nitrogens with zero attached hydrogens (tertiary/aromatic N) is 3. The Morgan fingerprint density at radius 3 is 2.60 bits per heavy atom. The molecule has 76 valence electrons. The van der Waals surface area contributed by atoms with Gasteiger partial charge in [-0.15, -0.1) is 0 Å². The molecule has 0 saturated carbocycles. The predicted octanol–water partition coefficient (Wildman–Crippen LogP) is 1.03. The van der Waals surface area contributed by atoms with Crippen molar-refractivity contribution in [1.29, 1.82) is 0 Å². The summed E-state index contributed by atoms with van der Waals surface area (Å²) in [7, 11) is 0. The third-order valence-corrected chi connectivity index (χ3v) is 1.82. The van der Waals surface area contributed by atoms with Crippen LogP contribution in [0.25, 0.3) is 0 Å². The van der Waals surface area contributed by atoms with Crippen LogP contribution in [0.15, 0.2) is 36.9 Å². The van der Waals surface area contributed by atoms with Crippen molar-refractivity contribution in [1.82, 2.24) is 15.0 Å². The monoisotopic (exact) mass is 202 g/mol. The van der Waals surface area contributed by atoms with E-state index in [2.05, 4.69) is 15.0 Å². The van der Waals surface area contributed by atoms with Gasteiger partial charge in [-0.1, -0.05) is 12.1 Å². The Labute approximate surface area is 87.0 Å². The smallest absolute Gasteiger partial charge is 0.169 e. The van der Waals surface area contributed by atoms with Gasteiger partial charge in [0.15, 0.2) is 5.82 Å². The maximum Gasteiger partial charge on any atom is 0.169 e. The Morgan fingerprint density at radius 2 is 1.87 bits per heavy atom. The van der Waals surface area contributed by atoms with Crippen molar-refractivity contribution in [3.05, 3.63) is 42.7 Å². The molecule has 2 N–H and O–H groups in total. The molecule has 0 saturated heterocycles. The minimum absolute atomic E-state index is 0.288. The topological polar surface area (TPSA) is 73.9 Å². The molecule has 0 aliphatic heterocycles. The molecule has 0 spiro atoms. The molecule has 1 aromatic heterocycles. The number of nitrogen functional groups attached to an aromatic ring is 1. The average Bonchev–Trinajstić information content (AvgIpc) is 2.29. The standard InChI is InChI=1S/C10H10N4O/c11-8-3-1-2-4-9(8)15-5-10-13-6-12-7-14-10/h1-4,6-7H,5,11H2. The lowest BCUT2D eigenvalue weighted by Gasteiger charge is -2.06. The van der Waals surface area contributed by atoms with Crippen LogP contribution in [0, 0.1) is 0 Å². The lowest BCUT2D eigenvalue weighted by Crippen LogP contribution is -2.02. The average molecular weight is 202 g/mol. The van der Waals surface area contributed by atoms with Gasteiger partial charge in [0.2, 0.25) is 0 Å². The van der Waals surface area contributed by atoms with Gasteiger partial charge in [-0.05, 0) is 12.1 Å². The van der Waals surface area contributed by atoms with Crippen molar-refractivity contribution in [2.24, 2.45) is 0 Å². The molecule has 0 radical (unpaired) electrons. The van der Waals surface area contributed by atoms with Crippen LogP contribution in [-0.4, -0.2) is 15.0 Å². The summed E-state index contributed by atoms with van der Waals surface area (Å²) in [6, 6.07) is 7.30. The summed E-state index contributed by atoms with van der Waals surface area (Å²) in [5.74, 6) is 1.21. The minimum Gasteiger partial charge on any atom is -0.483 e. The number of anilines is 1. The zero-order valence-electron chi connectivity index (χ0n) is 8.00. The number of para-hydroxylation sites is 2. The van der Waals surface area contributed by atoms with Crippen LogP contribution in [0.1, 0.15) is 5.82 Å². The molecule has 0 unspecified atom stereocenters. The first-order valence-electron chi connectivity index (χ1n) is 4.44. The highest BCUT2D eigenvalue weighted by molar-refractivity contribution is 5.51. The van der Waals surface area contributed by atoms with Gasteiger partial charge >= 0.3 is 0 Å². The second kappa shape index (κ2) is 4.36. The van der Waals surface area contributed by atoms with E-state index in [0.29, 0.717) is 17.3 Å². The van der Waals surface area contributed by atoms with Crippen LogP contribution in [0.2, 0.25) is 0 Å². The van der Waals surface area contributed by atoms with Crippen molar-refractivity contribution < 1.29 is 4.74 Å². The molecule has 0 aliphatic rings. The van der Waals surface area contributed by atoms with Crippen molar-refractivity contribution in [3.8, 4) is 5.75 Å². The van der Waals surface area contributed by atoms with Gasteiger partial charge in [0.25, 0.3) is 0 Å². The van der Waals surface area contributed by atoms with Crippen LogP contribution in [0.3, 0.4) is 0 Å². The second-order valence-corrected chi connectivity index (χ2v) is 2.88. The quantitative estimate of drug-likeness (QED) is 0.752. The lowest BCUT2D eigenvalue weighted by atomic mass is 10.3. The Kier molecular flexibility index (Phi) is 2.73. The molecule has 0 aliphatic carbocycles. The van der Waals surface area contributed by atoms with Crippen molar-refractivity contribution in [2.75, 3.05) is 5.73 Å². The molecule has 1 heterocycles. The first-order valence-corrected chi connectivity index (χ1v) is 4.44. The Bertz CT molecular complexity index is 432. The van der Waals surface area contributed by atoms with Gasteiger partial charge in [0.05, 0.1) is 5.69 Å². The van der Waals surface area contributed by atoms with E-state index in [9.17, 15) is 0 Å². The molecule has 0 bridgehead atoms. The molecule has 0 fully saturated rings. The van der Waals surface area contributed by atoms with Gasteiger partial charge in [0.1, 0.15) is 25.0 Å². The fourth-order valence-electron chi connectivity index (χ4n) is 1.09. The van der Waals surface area contributed by atoms with E-state index in [-0.39, 0.29) is 6.61 Å². The first kappa shape index (κ1) is 9.39. The van der Waals surface area contributed by atoms with E-state index < -0.39 is 0 Å². The Morgan fingerprint density at radius 1 is 1.13 bits per heavy atom. The van der Waals surface area contributed by atoms with E-state index in [1.54, 1.807) is 12.1 Å². The zero-order chi connectivity index (χ0) is 10.5. The van der Waals surface area contributed by atoms with Crippen LogP contribution in [0.5, 0.6) is 5.75 Å². The van der Waals surface area contributed by atoms with E-state index in [4.69, 9.17) is 10.5 Å². The highest BCUT2D eigenvalue weighted by Crippen LogP contribution is 2.20. The molecular weight excluding hydrogens is 192 g/mol. The lowest BCUT2D eigenvalue weighted by molar-refractivity contribution is 0.297. The zero-order valence-corrected chi connectivity index (χ0v) is 8.00. The summed E-state index contributed by atoms with van der Waals surface area (Å²) >= 11 is 0. The number of benzene rings is 1. The third-order valence-electron chi connectivity index (χ3n) is 1.82. The summed E-state index contributed by atoms with van der Waals surface area (Å²) in [5, 5.41) is 0. The third kappa shape index (κ3) is 2.40. The van der Waals surface area contributed by atoms with Crippen LogP contribution in [0.4, 0.5) is 5.69 Å². The van der Waals surface area contributed by atoms with E-state index in [1.165, 1.54) is 12.7 Å². The van der Waals surface area contributed by atoms with Crippen LogP contribution >= 0.6 is 0 Å². The van der Waals surface area contributed by atoms with Crippen LogP contribution in [-0.2, 0) is 6.61 Å². The van der Waals surface area contributed by atoms with Crippen molar-refractivity contribution >= 4 is 5.69 Å². The van der Waals surface area contributed by atoms with Crippen molar-refractivity contribution in [3.63, 3.8) is 0 Å². The SMILES string of the molecule is Nc1ccccc1OCc1ncncn1. The molecule has 2 aromatic rings. The molecular formula is C10H10N4O. The molecule has 5 nitrogen and oxygen atoms in total. The summed E-state index contributed by atoms with van der Waals surface area (Å²) in [5.41, 5.74) is 6.31. The Balaban J connectivity index is 2.03. The first-order chi connectivity index (χ1) is 7.36. The molecule has 2 rings (SSSR count). The normalized spacial score (nSPS) is 9.87. The number of hydrogen-bond acceptors (Lipinski definition) is 5. The number of aromatic nitrogens is 3. The Hall–Kier alpha value is -2.17. The molecule has 0 atom stereocenters. The van der Waals surface area contributed by atoms with E-state index >= 15 is 0 Å². The number of rotatable bonds is 3. The predicted molar refractivity (Wildman–Crippen MR) is 55.0 cm³/mol. The van der Waals surface area contributed by atoms with Crippen LogP contribution < -0.4 is 10.5 Å². The fraction of sp³-hybridized carbons (Fsp3) is 0.100. The summed E-state index contributed by atoms with van der Waals surface area (Å²) < 4.78 is 5.45. The summed E-state index contributed by atoms with van der Waals surface area (Å²) in [6.07, 6.45) is 2.86. The number of nitrogens with two attached hydrogens (primary N) is 1. The second-order valence-electron chi connectivity index (χ2n) is 2.88. The maximum absolute atomic E-state index is 5.71. The number of ether oxygens (including phenoxy) is 1. The molecule has 5 heteroatoms. The molecule has 0 amide bonds. The van der Waals surface area contributed by atoms with Gasteiger partial charge in [-0.2, -0.15) is 0 Å². The van der Waals surface area contributed by atoms with Crippen molar-refractivity contribution in [2.45, 2.75) is 6.61 Å². The van der Waals surface area contributed by atoms with E-state index in [1.807, 2.05) is 12.1 Å². The van der Waals surface area contributed by atoms with Gasteiger partial charge in [-0.3, -0.25) is 0 Å². The van der Waals surface area contributed by atoms with Gasteiger partial charge in [0, 0.05) is 0 Å². The largest absolute Gasteiger partial charge is 0.483 e. The summed E-state index contributed by atoms with van der Waals surface area (Å²) in [4.78, 5) is 11.6. The maximum atomic E-state index is 5.71. The molecule has 15 heavy (non-hydrogen) atoms.